The summed E-state index contributed by atoms with van der Waals surface area (Å²) in [7, 11) is 3.20. The van der Waals surface area contributed by atoms with Crippen LogP contribution in [0.2, 0.25) is 0 Å². The van der Waals surface area contributed by atoms with Gasteiger partial charge in [-0.25, -0.2) is 0 Å². The van der Waals surface area contributed by atoms with Crippen molar-refractivity contribution in [1.82, 2.24) is 14.8 Å². The number of hydrogen-bond acceptors (Lipinski definition) is 4. The first-order valence-electron chi connectivity index (χ1n) is 11.7. The predicted molar refractivity (Wildman–Crippen MR) is 132 cm³/mol. The number of hydrogen-bond donors (Lipinski definition) is 1. The Balaban J connectivity index is 1.78. The lowest BCUT2D eigenvalue weighted by molar-refractivity contribution is -0.133. The maximum absolute atomic E-state index is 13.9. The molecule has 0 bridgehead atoms. The molecule has 7 heteroatoms. The molecule has 0 saturated heterocycles. The van der Waals surface area contributed by atoms with Gasteiger partial charge in [0.2, 0.25) is 5.91 Å². The van der Waals surface area contributed by atoms with Crippen molar-refractivity contribution in [3.63, 3.8) is 0 Å². The summed E-state index contributed by atoms with van der Waals surface area (Å²) < 4.78 is 12.9. The standard InChI is InChI=1S/C27H33N3O4/c1-18(2)12-13-28-26(32)27(3)17-29-22-9-7-6-8-19(22)15-23(29)25(31)30(27)16-20-14-21(33-4)10-11-24(20)34-5/h6-11,14-15,18H,12-13,16-17H2,1-5H3,(H,28,32)/t27-/m0/s1. The summed E-state index contributed by atoms with van der Waals surface area (Å²) in [5.74, 6) is 1.43. The van der Waals surface area contributed by atoms with Crippen LogP contribution in [0.5, 0.6) is 11.5 Å². The third-order valence-corrected chi connectivity index (χ3v) is 6.65. The van der Waals surface area contributed by atoms with Crippen LogP contribution in [0, 0.1) is 5.92 Å². The van der Waals surface area contributed by atoms with Gasteiger partial charge in [0.1, 0.15) is 22.7 Å². The molecule has 1 aromatic heterocycles. The molecule has 7 nitrogen and oxygen atoms in total. The van der Waals surface area contributed by atoms with E-state index in [-0.39, 0.29) is 18.4 Å². The summed E-state index contributed by atoms with van der Waals surface area (Å²) in [6, 6.07) is 15.3. The number of nitrogens with zero attached hydrogens (tertiary/aromatic N) is 2. The Morgan fingerprint density at radius 1 is 1.12 bits per heavy atom. The lowest BCUT2D eigenvalue weighted by Gasteiger charge is -2.44. The number of para-hydroxylation sites is 1. The van der Waals surface area contributed by atoms with Crippen molar-refractivity contribution in [3.05, 3.63) is 59.8 Å². The molecule has 1 aliphatic rings. The molecule has 1 N–H and O–H groups in total. The second-order valence-electron chi connectivity index (χ2n) is 9.46. The number of nitrogens with one attached hydrogen (secondary N) is 1. The van der Waals surface area contributed by atoms with Crippen LogP contribution in [0.1, 0.15) is 43.2 Å². The summed E-state index contributed by atoms with van der Waals surface area (Å²) >= 11 is 0. The summed E-state index contributed by atoms with van der Waals surface area (Å²) in [5.41, 5.74) is 1.22. The highest BCUT2D eigenvalue weighted by atomic mass is 16.5. The maximum Gasteiger partial charge on any atom is 0.271 e. The Bertz CT molecular complexity index is 1220. The van der Waals surface area contributed by atoms with Gasteiger partial charge in [0.15, 0.2) is 0 Å². The highest BCUT2D eigenvalue weighted by molar-refractivity contribution is 6.03. The molecule has 34 heavy (non-hydrogen) atoms. The smallest absolute Gasteiger partial charge is 0.271 e. The lowest BCUT2D eigenvalue weighted by Crippen LogP contribution is -2.63. The van der Waals surface area contributed by atoms with E-state index in [9.17, 15) is 9.59 Å². The first kappa shape index (κ1) is 23.7. The molecule has 0 aliphatic carbocycles. The largest absolute Gasteiger partial charge is 0.497 e. The average Bonchev–Trinajstić information content (AvgIpc) is 3.19. The normalized spacial score (nSPS) is 17.7. The average molecular weight is 464 g/mol. The quantitative estimate of drug-likeness (QED) is 0.543. The van der Waals surface area contributed by atoms with E-state index in [1.54, 1.807) is 19.1 Å². The topological polar surface area (TPSA) is 72.8 Å². The molecule has 2 aromatic carbocycles. The van der Waals surface area contributed by atoms with Gasteiger partial charge in [-0.15, -0.1) is 0 Å². The van der Waals surface area contributed by atoms with Crippen LogP contribution in [0.15, 0.2) is 48.5 Å². The van der Waals surface area contributed by atoms with E-state index in [0.717, 1.165) is 22.9 Å². The SMILES string of the molecule is COc1ccc(OC)c(CN2C(=O)c3cc4ccccc4n3C[C@@]2(C)C(=O)NCCC(C)C)c1. The fourth-order valence-electron chi connectivity index (χ4n) is 4.59. The van der Waals surface area contributed by atoms with E-state index in [0.29, 0.717) is 36.2 Å². The highest BCUT2D eigenvalue weighted by Gasteiger charge is 2.47. The molecule has 0 fully saturated rings. The molecular formula is C27H33N3O4. The Morgan fingerprint density at radius 2 is 1.88 bits per heavy atom. The number of carbonyl (C=O) groups excluding carboxylic acids is 2. The molecule has 0 saturated carbocycles. The molecule has 3 aromatic rings. The zero-order chi connectivity index (χ0) is 24.5. The second-order valence-corrected chi connectivity index (χ2v) is 9.46. The fraction of sp³-hybridized carbons (Fsp3) is 0.407. The zero-order valence-electron chi connectivity index (χ0n) is 20.6. The summed E-state index contributed by atoms with van der Waals surface area (Å²) in [4.78, 5) is 29.2. The molecule has 2 heterocycles. The molecule has 1 aliphatic heterocycles. The van der Waals surface area contributed by atoms with Crippen molar-refractivity contribution in [3.8, 4) is 11.5 Å². The molecule has 180 valence electrons. The molecule has 1 atom stereocenters. The predicted octanol–water partition coefficient (Wildman–Crippen LogP) is 4.24. The summed E-state index contributed by atoms with van der Waals surface area (Å²) in [5, 5.41) is 4.06. The molecule has 2 amide bonds. The molecule has 4 rings (SSSR count). The lowest BCUT2D eigenvalue weighted by atomic mass is 9.93. The van der Waals surface area contributed by atoms with Gasteiger partial charge in [0, 0.05) is 23.0 Å². The van der Waals surface area contributed by atoms with E-state index < -0.39 is 5.54 Å². The van der Waals surface area contributed by atoms with E-state index in [4.69, 9.17) is 9.47 Å². The number of ether oxygens (including phenoxy) is 2. The summed E-state index contributed by atoms with van der Waals surface area (Å²) in [6.45, 7) is 7.24. The Morgan fingerprint density at radius 3 is 2.59 bits per heavy atom. The summed E-state index contributed by atoms with van der Waals surface area (Å²) in [6.07, 6.45) is 0.872. The van der Waals surface area contributed by atoms with Crippen molar-refractivity contribution in [1.29, 1.82) is 0 Å². The van der Waals surface area contributed by atoms with E-state index >= 15 is 0 Å². The number of fused-ring (bicyclic) bond motifs is 3. The zero-order valence-corrected chi connectivity index (χ0v) is 20.6. The van der Waals surface area contributed by atoms with E-state index in [2.05, 4.69) is 19.2 Å². The van der Waals surface area contributed by atoms with Crippen LogP contribution in [0.3, 0.4) is 0 Å². The van der Waals surface area contributed by atoms with Crippen LogP contribution in [-0.2, 0) is 17.9 Å². The van der Waals surface area contributed by atoms with Gasteiger partial charge in [0.05, 0.1) is 27.3 Å². The Kier molecular flexibility index (Phi) is 6.55. The Labute approximate surface area is 200 Å². The van der Waals surface area contributed by atoms with Gasteiger partial charge in [-0.3, -0.25) is 9.59 Å². The van der Waals surface area contributed by atoms with Crippen molar-refractivity contribution in [2.45, 2.75) is 45.8 Å². The molecular weight excluding hydrogens is 430 g/mol. The van der Waals surface area contributed by atoms with Gasteiger partial charge in [-0.1, -0.05) is 32.0 Å². The van der Waals surface area contributed by atoms with E-state index in [1.165, 1.54) is 0 Å². The second kappa shape index (κ2) is 9.41. The number of aromatic nitrogens is 1. The first-order chi connectivity index (χ1) is 16.3. The van der Waals surface area contributed by atoms with Crippen LogP contribution < -0.4 is 14.8 Å². The molecule has 0 unspecified atom stereocenters. The van der Waals surface area contributed by atoms with E-state index in [1.807, 2.05) is 60.0 Å². The van der Waals surface area contributed by atoms with Crippen LogP contribution in [-0.4, -0.2) is 47.6 Å². The van der Waals surface area contributed by atoms with Gasteiger partial charge in [-0.2, -0.15) is 0 Å². The minimum atomic E-state index is -1.09. The first-order valence-corrected chi connectivity index (χ1v) is 11.7. The third kappa shape index (κ3) is 4.22. The molecule has 0 spiro atoms. The van der Waals surface area contributed by atoms with Gasteiger partial charge in [0.25, 0.3) is 5.91 Å². The monoisotopic (exact) mass is 463 g/mol. The number of amides is 2. The fourth-order valence-corrected chi connectivity index (χ4v) is 4.59. The maximum atomic E-state index is 13.9. The minimum Gasteiger partial charge on any atom is -0.497 e. The van der Waals surface area contributed by atoms with Gasteiger partial charge >= 0.3 is 0 Å². The molecule has 0 radical (unpaired) electrons. The van der Waals surface area contributed by atoms with Crippen LogP contribution in [0.4, 0.5) is 0 Å². The van der Waals surface area contributed by atoms with Crippen molar-refractivity contribution in [2.75, 3.05) is 20.8 Å². The van der Waals surface area contributed by atoms with Crippen molar-refractivity contribution >= 4 is 22.7 Å². The van der Waals surface area contributed by atoms with Gasteiger partial charge in [-0.05, 0) is 49.6 Å². The number of benzene rings is 2. The highest BCUT2D eigenvalue weighted by Crippen LogP contribution is 2.35. The van der Waals surface area contributed by atoms with Gasteiger partial charge < -0.3 is 24.3 Å². The van der Waals surface area contributed by atoms with Crippen LogP contribution >= 0.6 is 0 Å². The minimum absolute atomic E-state index is 0.160. The van der Waals surface area contributed by atoms with Crippen molar-refractivity contribution in [2.24, 2.45) is 5.92 Å². The third-order valence-electron chi connectivity index (χ3n) is 6.65. The number of methoxy groups -OCH3 is 2. The Hall–Kier alpha value is -3.48. The number of carbonyl (C=O) groups is 2. The van der Waals surface area contributed by atoms with Crippen molar-refractivity contribution < 1.29 is 19.1 Å². The van der Waals surface area contributed by atoms with Crippen LogP contribution in [0.25, 0.3) is 10.9 Å². The number of rotatable bonds is 8.